The van der Waals surface area contributed by atoms with Crippen molar-refractivity contribution in [1.29, 1.82) is 0 Å². The maximum absolute atomic E-state index is 11.0. The first kappa shape index (κ1) is 10.8. The summed E-state index contributed by atoms with van der Waals surface area (Å²) < 4.78 is 10.4. The van der Waals surface area contributed by atoms with E-state index in [-0.39, 0.29) is 18.2 Å². The minimum atomic E-state index is -0.432. The molecule has 7 nitrogen and oxygen atoms in total. The molecule has 16 heavy (non-hydrogen) atoms. The average molecular weight is 287 g/mol. The van der Waals surface area contributed by atoms with E-state index >= 15 is 0 Å². The number of aromatic amines is 1. The molecule has 0 radical (unpaired) electrons. The largest absolute Gasteiger partial charge is 0.469 e. The molecule has 2 heterocycles. The molecule has 0 bridgehead atoms. The zero-order valence-electron chi connectivity index (χ0n) is 8.23. The number of esters is 1. The molecule has 0 aliphatic heterocycles. The van der Waals surface area contributed by atoms with Gasteiger partial charge in [0.1, 0.15) is 12.1 Å². The Labute approximate surface area is 98.3 Å². The molecule has 0 aliphatic rings. The molecule has 2 rings (SSSR count). The number of ether oxygens (including phenoxy) is 1. The zero-order valence-corrected chi connectivity index (χ0v) is 9.81. The molecule has 0 saturated heterocycles. The Morgan fingerprint density at radius 2 is 2.44 bits per heavy atom. The predicted molar refractivity (Wildman–Crippen MR) is 55.3 cm³/mol. The highest BCUT2D eigenvalue weighted by molar-refractivity contribution is 9.10. The third kappa shape index (κ3) is 2.11. The van der Waals surface area contributed by atoms with E-state index < -0.39 is 5.97 Å². The fraction of sp³-hybridized carbons (Fsp3) is 0.250. The summed E-state index contributed by atoms with van der Waals surface area (Å²) in [6, 6.07) is 0. The number of nitrogens with one attached hydrogen (secondary N) is 1. The highest BCUT2D eigenvalue weighted by Gasteiger charge is 2.15. The summed E-state index contributed by atoms with van der Waals surface area (Å²) in [6.45, 7) is 0. The lowest BCUT2D eigenvalue weighted by Gasteiger charge is -1.92. The van der Waals surface area contributed by atoms with Crippen molar-refractivity contribution in [3.8, 4) is 11.6 Å². The number of rotatable bonds is 3. The molecule has 0 spiro atoms. The van der Waals surface area contributed by atoms with Gasteiger partial charge in [-0.15, -0.1) is 10.2 Å². The second kappa shape index (κ2) is 4.44. The fourth-order valence-electron chi connectivity index (χ4n) is 1.04. The van der Waals surface area contributed by atoms with Crippen LogP contribution >= 0.6 is 15.9 Å². The van der Waals surface area contributed by atoms with Crippen molar-refractivity contribution in [3.63, 3.8) is 0 Å². The first-order valence-corrected chi connectivity index (χ1v) is 5.08. The molecule has 0 aliphatic carbocycles. The van der Waals surface area contributed by atoms with E-state index in [1.807, 2.05) is 0 Å². The first-order chi connectivity index (χ1) is 7.70. The van der Waals surface area contributed by atoms with Gasteiger partial charge >= 0.3 is 5.97 Å². The van der Waals surface area contributed by atoms with Gasteiger partial charge < -0.3 is 9.15 Å². The van der Waals surface area contributed by atoms with Crippen LogP contribution in [0.5, 0.6) is 0 Å². The number of methoxy groups -OCH3 is 1. The van der Waals surface area contributed by atoms with Crippen LogP contribution < -0.4 is 0 Å². The number of hydrogen-bond acceptors (Lipinski definition) is 6. The van der Waals surface area contributed by atoms with E-state index in [4.69, 9.17) is 4.42 Å². The van der Waals surface area contributed by atoms with E-state index in [0.29, 0.717) is 10.2 Å². The summed E-state index contributed by atoms with van der Waals surface area (Å²) in [5.41, 5.74) is 0.573. The van der Waals surface area contributed by atoms with E-state index in [2.05, 4.69) is 41.1 Å². The lowest BCUT2D eigenvalue weighted by Crippen LogP contribution is -2.04. The molecule has 0 aromatic carbocycles. The van der Waals surface area contributed by atoms with Gasteiger partial charge in [0, 0.05) is 0 Å². The van der Waals surface area contributed by atoms with Gasteiger partial charge in [-0.3, -0.25) is 9.89 Å². The van der Waals surface area contributed by atoms with E-state index in [9.17, 15) is 4.79 Å². The predicted octanol–water partition coefficient (Wildman–Crippen LogP) is 0.938. The van der Waals surface area contributed by atoms with Crippen molar-refractivity contribution in [2.24, 2.45) is 0 Å². The molecule has 2 aromatic heterocycles. The smallest absolute Gasteiger partial charge is 0.315 e. The number of carbonyl (C=O) groups is 1. The van der Waals surface area contributed by atoms with Gasteiger partial charge in [0.15, 0.2) is 0 Å². The summed E-state index contributed by atoms with van der Waals surface area (Å²) >= 11 is 3.26. The molecule has 8 heteroatoms. The summed E-state index contributed by atoms with van der Waals surface area (Å²) in [7, 11) is 1.30. The topological polar surface area (TPSA) is 93.9 Å². The Morgan fingerprint density at radius 3 is 3.06 bits per heavy atom. The van der Waals surface area contributed by atoms with Crippen molar-refractivity contribution < 1.29 is 13.9 Å². The molecule has 2 aromatic rings. The highest BCUT2D eigenvalue weighted by atomic mass is 79.9. The Morgan fingerprint density at radius 1 is 1.62 bits per heavy atom. The van der Waals surface area contributed by atoms with Crippen LogP contribution in [0.25, 0.3) is 11.6 Å². The highest BCUT2D eigenvalue weighted by Crippen LogP contribution is 2.24. The van der Waals surface area contributed by atoms with Crippen LogP contribution in [-0.2, 0) is 16.0 Å². The number of H-pyrrole nitrogens is 1. The molecular formula is C8H7BrN4O3. The van der Waals surface area contributed by atoms with Crippen LogP contribution in [0.3, 0.4) is 0 Å². The molecule has 0 fully saturated rings. The standard InChI is InChI=1S/C8H7BrN4O3/c1-15-6(14)2-5-11-13-8(16-5)7-4(9)3-10-12-7/h3H,2H2,1H3,(H,10,12). The quantitative estimate of drug-likeness (QED) is 0.844. The number of aromatic nitrogens is 4. The van der Waals surface area contributed by atoms with Gasteiger partial charge in [-0.25, -0.2) is 0 Å². The number of halogens is 1. The normalized spacial score (nSPS) is 10.4. The third-order valence-electron chi connectivity index (χ3n) is 1.80. The Bertz CT molecular complexity index is 507. The van der Waals surface area contributed by atoms with Crippen molar-refractivity contribution in [2.75, 3.05) is 7.11 Å². The van der Waals surface area contributed by atoms with Gasteiger partial charge in [-0.2, -0.15) is 5.10 Å². The van der Waals surface area contributed by atoms with Crippen molar-refractivity contribution >= 4 is 21.9 Å². The van der Waals surface area contributed by atoms with Gasteiger partial charge in [-0.05, 0) is 15.9 Å². The molecule has 1 N–H and O–H groups in total. The van der Waals surface area contributed by atoms with Crippen molar-refractivity contribution in [1.82, 2.24) is 20.4 Å². The zero-order chi connectivity index (χ0) is 11.5. The maximum Gasteiger partial charge on any atom is 0.315 e. The molecule has 0 atom stereocenters. The van der Waals surface area contributed by atoms with Gasteiger partial charge in [-0.1, -0.05) is 0 Å². The van der Waals surface area contributed by atoms with Crippen LogP contribution in [0.15, 0.2) is 15.1 Å². The lowest BCUT2D eigenvalue weighted by molar-refractivity contribution is -0.140. The second-order valence-corrected chi connectivity index (χ2v) is 3.70. The fourth-order valence-corrected chi connectivity index (χ4v) is 1.40. The lowest BCUT2D eigenvalue weighted by atomic mass is 10.4. The van der Waals surface area contributed by atoms with Gasteiger partial charge in [0.05, 0.1) is 17.8 Å². The summed E-state index contributed by atoms with van der Waals surface area (Å²) in [6.07, 6.45) is 1.52. The van der Waals surface area contributed by atoms with E-state index in [1.54, 1.807) is 6.20 Å². The second-order valence-electron chi connectivity index (χ2n) is 2.85. The molecule has 0 amide bonds. The monoisotopic (exact) mass is 286 g/mol. The molecule has 0 saturated carbocycles. The molecule has 0 unspecified atom stereocenters. The van der Waals surface area contributed by atoms with Gasteiger partial charge in [0.25, 0.3) is 5.89 Å². The molecular weight excluding hydrogens is 280 g/mol. The Kier molecular flexibility index (Phi) is 3.00. The van der Waals surface area contributed by atoms with E-state index in [1.165, 1.54) is 7.11 Å². The van der Waals surface area contributed by atoms with Crippen LogP contribution in [-0.4, -0.2) is 33.5 Å². The van der Waals surface area contributed by atoms with Crippen LogP contribution in [0.4, 0.5) is 0 Å². The van der Waals surface area contributed by atoms with Crippen molar-refractivity contribution in [2.45, 2.75) is 6.42 Å². The van der Waals surface area contributed by atoms with Crippen LogP contribution in [0, 0.1) is 0 Å². The number of carbonyl (C=O) groups excluding carboxylic acids is 1. The average Bonchev–Trinajstić information content (AvgIpc) is 2.86. The minimum Gasteiger partial charge on any atom is -0.469 e. The molecule has 84 valence electrons. The number of nitrogens with zero attached hydrogens (tertiary/aromatic N) is 3. The van der Waals surface area contributed by atoms with Crippen LogP contribution in [0.2, 0.25) is 0 Å². The van der Waals surface area contributed by atoms with Crippen molar-refractivity contribution in [3.05, 3.63) is 16.6 Å². The summed E-state index contributed by atoms with van der Waals surface area (Å²) in [4.78, 5) is 11.0. The van der Waals surface area contributed by atoms with Gasteiger partial charge in [0.2, 0.25) is 5.89 Å². The van der Waals surface area contributed by atoms with E-state index in [0.717, 1.165) is 0 Å². The summed E-state index contributed by atoms with van der Waals surface area (Å²) in [5.74, 6) is 0.0329. The Hall–Kier alpha value is -1.70. The Balaban J connectivity index is 2.20. The first-order valence-electron chi connectivity index (χ1n) is 4.29. The maximum atomic E-state index is 11.0. The third-order valence-corrected chi connectivity index (χ3v) is 2.40. The number of hydrogen-bond donors (Lipinski definition) is 1. The summed E-state index contributed by atoms with van der Waals surface area (Å²) in [5, 5.41) is 14.0. The minimum absolute atomic E-state index is 0.0464. The SMILES string of the molecule is COC(=O)Cc1nnc(-c2[nH]ncc2Br)o1. The van der Waals surface area contributed by atoms with Crippen LogP contribution in [0.1, 0.15) is 5.89 Å².